The number of para-hydroxylation sites is 1. The van der Waals surface area contributed by atoms with Crippen LogP contribution in [0.4, 0.5) is 5.69 Å². The smallest absolute Gasteiger partial charge is 0.282 e. The molecule has 2 heterocycles. The Morgan fingerprint density at radius 2 is 1.84 bits per heavy atom. The Bertz CT molecular complexity index is 2070. The standard InChI is InChI=1S/C32H22BrClN4O5/c1-41-27-7-4-8-28-24(27)16-29(43-28)31-37-25-6-3-2-5-23(25)32(40)38(31)35-17-19-15-20(33)9-14-26(19)42-18-30(39)36-22-12-10-21(34)11-13-22/h2-17H,18H2,1H3,(H,36,39). The van der Waals surface area contributed by atoms with Crippen molar-refractivity contribution in [2.75, 3.05) is 19.0 Å². The number of halogens is 2. The van der Waals surface area contributed by atoms with E-state index >= 15 is 0 Å². The van der Waals surface area contributed by atoms with E-state index in [9.17, 15) is 9.59 Å². The van der Waals surface area contributed by atoms with Crippen molar-refractivity contribution in [3.8, 4) is 23.1 Å². The fourth-order valence-electron chi connectivity index (χ4n) is 4.46. The van der Waals surface area contributed by atoms with E-state index in [1.54, 1.807) is 73.8 Å². The first-order chi connectivity index (χ1) is 20.9. The van der Waals surface area contributed by atoms with Crippen LogP contribution >= 0.6 is 27.5 Å². The van der Waals surface area contributed by atoms with E-state index in [0.717, 1.165) is 9.86 Å². The van der Waals surface area contributed by atoms with Crippen molar-refractivity contribution >= 4 is 67.2 Å². The number of amides is 1. The van der Waals surface area contributed by atoms with Crippen LogP contribution in [0.2, 0.25) is 5.02 Å². The van der Waals surface area contributed by atoms with Crippen molar-refractivity contribution in [1.82, 2.24) is 9.66 Å². The van der Waals surface area contributed by atoms with Gasteiger partial charge in [-0.2, -0.15) is 9.78 Å². The lowest BCUT2D eigenvalue weighted by Crippen LogP contribution is -2.21. The Morgan fingerprint density at radius 1 is 1.02 bits per heavy atom. The second-order valence-electron chi connectivity index (χ2n) is 9.32. The molecule has 0 saturated heterocycles. The van der Waals surface area contributed by atoms with Crippen molar-refractivity contribution in [3.63, 3.8) is 0 Å². The van der Waals surface area contributed by atoms with Gasteiger partial charge in [-0.1, -0.05) is 45.7 Å². The number of ether oxygens (including phenoxy) is 2. The number of carbonyl (C=O) groups is 1. The Hall–Kier alpha value is -4.93. The first-order valence-corrected chi connectivity index (χ1v) is 14.2. The molecule has 4 aromatic carbocycles. The van der Waals surface area contributed by atoms with E-state index in [2.05, 4.69) is 26.3 Å². The molecule has 0 aliphatic rings. The van der Waals surface area contributed by atoms with Crippen LogP contribution < -0.4 is 20.3 Å². The van der Waals surface area contributed by atoms with E-state index in [-0.39, 0.29) is 23.9 Å². The highest BCUT2D eigenvalue weighted by molar-refractivity contribution is 9.10. The van der Waals surface area contributed by atoms with Gasteiger partial charge in [-0.15, -0.1) is 0 Å². The summed E-state index contributed by atoms with van der Waals surface area (Å²) >= 11 is 9.39. The summed E-state index contributed by atoms with van der Waals surface area (Å²) in [7, 11) is 1.58. The first-order valence-electron chi connectivity index (χ1n) is 13.0. The maximum Gasteiger partial charge on any atom is 0.282 e. The zero-order valence-electron chi connectivity index (χ0n) is 22.6. The van der Waals surface area contributed by atoms with E-state index < -0.39 is 0 Å². The number of hydrogen-bond acceptors (Lipinski definition) is 7. The van der Waals surface area contributed by atoms with Crippen LogP contribution in [0.15, 0.2) is 110 Å². The van der Waals surface area contributed by atoms with Crippen LogP contribution in [0.25, 0.3) is 33.5 Å². The van der Waals surface area contributed by atoms with Gasteiger partial charge in [0.15, 0.2) is 12.4 Å². The minimum Gasteiger partial charge on any atom is -0.496 e. The van der Waals surface area contributed by atoms with Crippen molar-refractivity contribution in [2.24, 2.45) is 5.10 Å². The number of rotatable bonds is 8. The van der Waals surface area contributed by atoms with Crippen molar-refractivity contribution in [3.05, 3.63) is 116 Å². The average Bonchev–Trinajstić information content (AvgIpc) is 3.46. The molecule has 0 aliphatic carbocycles. The molecule has 0 spiro atoms. The topological polar surface area (TPSA) is 108 Å². The highest BCUT2D eigenvalue weighted by Crippen LogP contribution is 2.33. The van der Waals surface area contributed by atoms with Gasteiger partial charge in [0, 0.05) is 20.7 Å². The summed E-state index contributed by atoms with van der Waals surface area (Å²) in [4.78, 5) is 30.9. The number of fused-ring (bicyclic) bond motifs is 2. The molecule has 0 unspecified atom stereocenters. The molecular formula is C32H22BrClN4O5. The zero-order chi connectivity index (χ0) is 29.9. The van der Waals surface area contributed by atoms with Gasteiger partial charge in [-0.05, 0) is 72.8 Å². The van der Waals surface area contributed by atoms with Gasteiger partial charge in [0.1, 0.15) is 17.1 Å². The fraction of sp³-hybridized carbons (Fsp3) is 0.0625. The molecule has 0 fully saturated rings. The third-order valence-corrected chi connectivity index (χ3v) is 7.23. The SMILES string of the molecule is COc1cccc2oc(-c3nc4ccccc4c(=O)n3N=Cc3cc(Br)ccc3OCC(=O)Nc3ccc(Cl)cc3)cc12. The molecule has 6 aromatic rings. The minimum absolute atomic E-state index is 0.206. The van der Waals surface area contributed by atoms with E-state index in [0.29, 0.717) is 50.0 Å². The summed E-state index contributed by atoms with van der Waals surface area (Å²) in [6.45, 7) is -0.255. The predicted molar refractivity (Wildman–Crippen MR) is 170 cm³/mol. The molecule has 0 atom stereocenters. The van der Waals surface area contributed by atoms with Crippen LogP contribution in [0.5, 0.6) is 11.5 Å². The quantitative estimate of drug-likeness (QED) is 0.175. The van der Waals surface area contributed by atoms with Crippen LogP contribution in [-0.2, 0) is 4.79 Å². The molecule has 214 valence electrons. The van der Waals surface area contributed by atoms with Crippen molar-refractivity contribution < 1.29 is 18.7 Å². The number of methoxy groups -OCH3 is 1. The van der Waals surface area contributed by atoms with Crippen molar-refractivity contribution in [2.45, 2.75) is 0 Å². The zero-order valence-corrected chi connectivity index (χ0v) is 24.9. The molecule has 2 aromatic heterocycles. The van der Waals surface area contributed by atoms with Gasteiger partial charge in [0.25, 0.3) is 11.5 Å². The molecule has 0 bridgehead atoms. The third-order valence-electron chi connectivity index (χ3n) is 6.49. The highest BCUT2D eigenvalue weighted by atomic mass is 79.9. The summed E-state index contributed by atoms with van der Waals surface area (Å²) in [6.07, 6.45) is 1.47. The number of nitrogens with one attached hydrogen (secondary N) is 1. The van der Waals surface area contributed by atoms with Gasteiger partial charge in [-0.25, -0.2) is 4.98 Å². The lowest BCUT2D eigenvalue weighted by Gasteiger charge is -2.11. The summed E-state index contributed by atoms with van der Waals surface area (Å²) in [5.41, 5.74) is 1.80. The lowest BCUT2D eigenvalue weighted by molar-refractivity contribution is -0.118. The molecule has 6 rings (SSSR count). The number of carbonyl (C=O) groups excluding carboxylic acids is 1. The normalized spacial score (nSPS) is 11.3. The first kappa shape index (κ1) is 28.2. The second-order valence-corrected chi connectivity index (χ2v) is 10.7. The number of hydrogen-bond donors (Lipinski definition) is 1. The molecule has 1 N–H and O–H groups in total. The molecule has 0 saturated carbocycles. The highest BCUT2D eigenvalue weighted by Gasteiger charge is 2.18. The molecule has 0 aliphatic heterocycles. The van der Waals surface area contributed by atoms with E-state index in [1.165, 1.54) is 10.9 Å². The molecule has 0 radical (unpaired) electrons. The van der Waals surface area contributed by atoms with Gasteiger partial charge >= 0.3 is 0 Å². The molecular weight excluding hydrogens is 636 g/mol. The second kappa shape index (κ2) is 12.1. The number of aromatic nitrogens is 2. The summed E-state index contributed by atoms with van der Waals surface area (Å²) in [6, 6.07) is 26.2. The summed E-state index contributed by atoms with van der Waals surface area (Å²) < 4.78 is 19.3. The number of benzene rings is 4. The van der Waals surface area contributed by atoms with Crippen LogP contribution in [0.1, 0.15) is 5.56 Å². The predicted octanol–water partition coefficient (Wildman–Crippen LogP) is 7.13. The van der Waals surface area contributed by atoms with Crippen LogP contribution in [0, 0.1) is 0 Å². The van der Waals surface area contributed by atoms with E-state index in [1.807, 2.05) is 24.3 Å². The Labute approximate surface area is 258 Å². The number of nitrogens with zero attached hydrogens (tertiary/aromatic N) is 3. The average molecular weight is 658 g/mol. The third kappa shape index (κ3) is 6.01. The van der Waals surface area contributed by atoms with Gasteiger partial charge < -0.3 is 19.2 Å². The lowest BCUT2D eigenvalue weighted by atomic mass is 10.2. The summed E-state index contributed by atoms with van der Waals surface area (Å²) in [5.74, 6) is 1.20. The number of furan rings is 1. The van der Waals surface area contributed by atoms with Crippen molar-refractivity contribution in [1.29, 1.82) is 0 Å². The molecule has 9 nitrogen and oxygen atoms in total. The van der Waals surface area contributed by atoms with Gasteiger partial charge in [0.2, 0.25) is 5.82 Å². The largest absolute Gasteiger partial charge is 0.496 e. The summed E-state index contributed by atoms with van der Waals surface area (Å²) in [5, 5.41) is 8.98. The monoisotopic (exact) mass is 656 g/mol. The Balaban J connectivity index is 1.36. The number of anilines is 1. The minimum atomic E-state index is -0.385. The van der Waals surface area contributed by atoms with Gasteiger partial charge in [-0.3, -0.25) is 9.59 Å². The molecule has 11 heteroatoms. The maximum atomic E-state index is 13.7. The molecule has 43 heavy (non-hydrogen) atoms. The fourth-order valence-corrected chi connectivity index (χ4v) is 4.96. The Morgan fingerprint density at radius 3 is 2.65 bits per heavy atom. The Kier molecular flexibility index (Phi) is 7.95. The van der Waals surface area contributed by atoms with Crippen LogP contribution in [0.3, 0.4) is 0 Å². The van der Waals surface area contributed by atoms with E-state index in [4.69, 9.17) is 30.5 Å². The van der Waals surface area contributed by atoms with Gasteiger partial charge in [0.05, 0.1) is 29.6 Å². The van der Waals surface area contributed by atoms with Crippen LogP contribution in [-0.4, -0.2) is 35.5 Å². The molecule has 1 amide bonds. The maximum absolute atomic E-state index is 13.7.